The Hall–Kier alpha value is -0.990. The van der Waals surface area contributed by atoms with Gasteiger partial charge in [0.15, 0.2) is 0 Å². The predicted octanol–water partition coefficient (Wildman–Crippen LogP) is 3.92. The number of carbonyl (C=O) groups excluding carboxylic acids is 1. The molecule has 0 atom stereocenters. The number of hydrogen-bond acceptors (Lipinski definition) is 3. The second kappa shape index (κ2) is 12.5. The van der Waals surface area contributed by atoms with Gasteiger partial charge in [0.2, 0.25) is 0 Å². The van der Waals surface area contributed by atoms with Crippen LogP contribution in [0.5, 0.6) is 0 Å². The highest BCUT2D eigenvalue weighted by Gasteiger charge is 2.02. The molecule has 0 rings (SSSR count). The Morgan fingerprint density at radius 1 is 0.944 bits per heavy atom. The molecule has 0 aromatic rings. The SMILES string of the molecule is C=C(N)C(=O)OCCCCCCCCCCCC. The number of hydrogen-bond donors (Lipinski definition) is 1. The maximum Gasteiger partial charge on any atom is 0.353 e. The van der Waals surface area contributed by atoms with Crippen LogP contribution in [0.25, 0.3) is 0 Å². The summed E-state index contributed by atoms with van der Waals surface area (Å²) < 4.78 is 4.91. The van der Waals surface area contributed by atoms with E-state index >= 15 is 0 Å². The lowest BCUT2D eigenvalue weighted by Gasteiger charge is -2.04. The summed E-state index contributed by atoms with van der Waals surface area (Å²) in [7, 11) is 0. The average Bonchev–Trinajstić information content (AvgIpc) is 2.35. The first-order valence-corrected chi connectivity index (χ1v) is 7.30. The standard InChI is InChI=1S/C15H29NO2/c1-3-4-5-6-7-8-9-10-11-12-13-18-15(17)14(2)16/h2-13,16H2,1H3. The fourth-order valence-corrected chi connectivity index (χ4v) is 1.85. The molecule has 0 unspecified atom stereocenters. The molecule has 0 amide bonds. The third-order valence-corrected chi connectivity index (χ3v) is 2.99. The van der Waals surface area contributed by atoms with Crippen LogP contribution in [-0.2, 0) is 9.53 Å². The zero-order valence-electron chi connectivity index (χ0n) is 11.9. The maximum atomic E-state index is 11.0. The molecular weight excluding hydrogens is 226 g/mol. The minimum atomic E-state index is -0.481. The van der Waals surface area contributed by atoms with Crippen LogP contribution in [0.2, 0.25) is 0 Å². The topological polar surface area (TPSA) is 52.3 Å². The Balaban J connectivity index is 3.07. The summed E-state index contributed by atoms with van der Waals surface area (Å²) in [5, 5.41) is 0. The molecule has 3 nitrogen and oxygen atoms in total. The van der Waals surface area contributed by atoms with Gasteiger partial charge in [-0.05, 0) is 6.42 Å². The second-order valence-electron chi connectivity index (χ2n) is 4.84. The molecule has 0 aromatic heterocycles. The summed E-state index contributed by atoms with van der Waals surface area (Å²) in [5.41, 5.74) is 5.19. The van der Waals surface area contributed by atoms with Gasteiger partial charge in [0, 0.05) is 0 Å². The van der Waals surface area contributed by atoms with Gasteiger partial charge in [-0.2, -0.15) is 0 Å². The fraction of sp³-hybridized carbons (Fsp3) is 0.800. The van der Waals surface area contributed by atoms with Gasteiger partial charge < -0.3 is 10.5 Å². The Morgan fingerprint density at radius 2 is 1.39 bits per heavy atom. The van der Waals surface area contributed by atoms with E-state index in [1.807, 2.05) is 0 Å². The maximum absolute atomic E-state index is 11.0. The van der Waals surface area contributed by atoms with Crippen LogP contribution in [0.4, 0.5) is 0 Å². The van der Waals surface area contributed by atoms with E-state index in [4.69, 9.17) is 10.5 Å². The van der Waals surface area contributed by atoms with E-state index < -0.39 is 5.97 Å². The van der Waals surface area contributed by atoms with Crippen molar-refractivity contribution in [2.75, 3.05) is 6.61 Å². The van der Waals surface area contributed by atoms with Gasteiger partial charge in [-0.25, -0.2) is 4.79 Å². The molecule has 2 N–H and O–H groups in total. The lowest BCUT2D eigenvalue weighted by molar-refractivity contribution is -0.139. The van der Waals surface area contributed by atoms with Crippen molar-refractivity contribution in [3.63, 3.8) is 0 Å². The third kappa shape index (κ3) is 11.5. The van der Waals surface area contributed by atoms with Crippen LogP contribution in [-0.4, -0.2) is 12.6 Å². The van der Waals surface area contributed by atoms with E-state index in [1.165, 1.54) is 51.4 Å². The second-order valence-corrected chi connectivity index (χ2v) is 4.84. The first kappa shape index (κ1) is 17.0. The first-order valence-electron chi connectivity index (χ1n) is 7.30. The minimum absolute atomic E-state index is 0.0120. The Labute approximate surface area is 112 Å². The molecule has 0 heterocycles. The van der Waals surface area contributed by atoms with E-state index in [0.29, 0.717) is 6.61 Å². The summed E-state index contributed by atoms with van der Waals surface area (Å²) in [6, 6.07) is 0. The number of carbonyl (C=O) groups is 1. The number of esters is 1. The number of nitrogens with two attached hydrogens (primary N) is 1. The van der Waals surface area contributed by atoms with Crippen molar-refractivity contribution in [1.29, 1.82) is 0 Å². The molecule has 18 heavy (non-hydrogen) atoms. The largest absolute Gasteiger partial charge is 0.461 e. The van der Waals surface area contributed by atoms with Crippen LogP contribution in [0.1, 0.15) is 71.1 Å². The molecule has 0 spiro atoms. The highest BCUT2D eigenvalue weighted by molar-refractivity contribution is 5.86. The quantitative estimate of drug-likeness (QED) is 0.326. The smallest absolute Gasteiger partial charge is 0.353 e. The Kier molecular flexibility index (Phi) is 11.8. The van der Waals surface area contributed by atoms with Crippen molar-refractivity contribution in [2.45, 2.75) is 71.1 Å². The van der Waals surface area contributed by atoms with Crippen LogP contribution >= 0.6 is 0 Å². The molecule has 0 saturated heterocycles. The minimum Gasteiger partial charge on any atom is -0.461 e. The third-order valence-electron chi connectivity index (χ3n) is 2.99. The van der Waals surface area contributed by atoms with Gasteiger partial charge >= 0.3 is 5.97 Å². The van der Waals surface area contributed by atoms with E-state index in [1.54, 1.807) is 0 Å². The molecule has 0 aliphatic heterocycles. The summed E-state index contributed by atoms with van der Waals surface area (Å²) in [6.07, 6.45) is 12.7. The van der Waals surface area contributed by atoms with Crippen molar-refractivity contribution >= 4 is 5.97 Å². The van der Waals surface area contributed by atoms with Crippen LogP contribution in [0.3, 0.4) is 0 Å². The number of unbranched alkanes of at least 4 members (excludes halogenated alkanes) is 9. The average molecular weight is 255 g/mol. The molecule has 106 valence electrons. The van der Waals surface area contributed by atoms with Crippen molar-refractivity contribution < 1.29 is 9.53 Å². The molecule has 0 aromatic carbocycles. The molecule has 0 aliphatic rings. The summed E-state index contributed by atoms with van der Waals surface area (Å²) in [4.78, 5) is 11.0. The number of rotatable bonds is 12. The van der Waals surface area contributed by atoms with Gasteiger partial charge in [0.05, 0.1) is 6.61 Å². The first-order chi connectivity index (χ1) is 8.68. The molecule has 0 fully saturated rings. The highest BCUT2D eigenvalue weighted by atomic mass is 16.5. The lowest BCUT2D eigenvalue weighted by atomic mass is 10.1. The van der Waals surface area contributed by atoms with Crippen molar-refractivity contribution in [2.24, 2.45) is 5.73 Å². The van der Waals surface area contributed by atoms with Crippen LogP contribution in [0, 0.1) is 0 Å². The Bertz CT molecular complexity index is 227. The molecule has 0 radical (unpaired) electrons. The lowest BCUT2D eigenvalue weighted by Crippen LogP contribution is -2.14. The summed E-state index contributed by atoms with van der Waals surface area (Å²) in [5.74, 6) is -0.481. The zero-order valence-corrected chi connectivity index (χ0v) is 11.9. The van der Waals surface area contributed by atoms with Gasteiger partial charge in [-0.3, -0.25) is 0 Å². The van der Waals surface area contributed by atoms with E-state index in [9.17, 15) is 4.79 Å². The number of ether oxygens (including phenoxy) is 1. The van der Waals surface area contributed by atoms with Gasteiger partial charge in [-0.15, -0.1) is 0 Å². The van der Waals surface area contributed by atoms with Gasteiger partial charge in [0.25, 0.3) is 0 Å². The van der Waals surface area contributed by atoms with E-state index in [2.05, 4.69) is 13.5 Å². The van der Waals surface area contributed by atoms with E-state index in [0.717, 1.165) is 12.8 Å². The van der Waals surface area contributed by atoms with E-state index in [-0.39, 0.29) is 5.70 Å². The monoisotopic (exact) mass is 255 g/mol. The summed E-state index contributed by atoms with van der Waals surface area (Å²) in [6.45, 7) is 6.03. The molecule has 3 heteroatoms. The molecular formula is C15H29NO2. The highest BCUT2D eigenvalue weighted by Crippen LogP contribution is 2.10. The fourth-order valence-electron chi connectivity index (χ4n) is 1.85. The van der Waals surface area contributed by atoms with Gasteiger partial charge in [-0.1, -0.05) is 71.3 Å². The van der Waals surface area contributed by atoms with Crippen molar-refractivity contribution in [3.05, 3.63) is 12.3 Å². The zero-order chi connectivity index (χ0) is 13.6. The normalized spacial score (nSPS) is 10.3. The van der Waals surface area contributed by atoms with Gasteiger partial charge in [0.1, 0.15) is 5.70 Å². The summed E-state index contributed by atoms with van der Waals surface area (Å²) >= 11 is 0. The molecule has 0 saturated carbocycles. The van der Waals surface area contributed by atoms with Crippen molar-refractivity contribution in [1.82, 2.24) is 0 Å². The molecule has 0 bridgehead atoms. The van der Waals surface area contributed by atoms with Crippen molar-refractivity contribution in [3.8, 4) is 0 Å². The predicted molar refractivity (Wildman–Crippen MR) is 76.1 cm³/mol. The molecule has 0 aliphatic carbocycles. The van der Waals surface area contributed by atoms with Crippen LogP contribution < -0.4 is 5.73 Å². The van der Waals surface area contributed by atoms with Crippen LogP contribution in [0.15, 0.2) is 12.3 Å². The Morgan fingerprint density at radius 3 is 1.83 bits per heavy atom.